The average molecular weight is 283 g/mol. The Bertz CT molecular complexity index is 524. The molecule has 1 saturated carbocycles. The first-order chi connectivity index (χ1) is 10.3. The Morgan fingerprint density at radius 1 is 1.19 bits per heavy atom. The fraction of sp³-hybridized carbons (Fsp3) is 0.500. The molecule has 0 aliphatic heterocycles. The molecule has 2 aromatic rings. The number of benzene rings is 1. The first kappa shape index (κ1) is 14.3. The van der Waals surface area contributed by atoms with Crippen molar-refractivity contribution in [1.82, 2.24) is 14.9 Å². The van der Waals surface area contributed by atoms with E-state index in [-0.39, 0.29) is 0 Å². The van der Waals surface area contributed by atoms with E-state index >= 15 is 0 Å². The molecule has 0 spiro atoms. The minimum atomic E-state index is 0.624. The molecule has 3 heteroatoms. The average Bonchev–Trinajstić information content (AvgIpc) is 3.08. The third kappa shape index (κ3) is 3.73. The Hall–Kier alpha value is -1.61. The second-order valence-electron chi connectivity index (χ2n) is 6.20. The molecule has 1 fully saturated rings. The van der Waals surface area contributed by atoms with Crippen molar-refractivity contribution in [2.24, 2.45) is 5.92 Å². The highest BCUT2D eigenvalue weighted by molar-refractivity contribution is 5.34. The van der Waals surface area contributed by atoms with Gasteiger partial charge in [-0.3, -0.25) is 0 Å². The van der Waals surface area contributed by atoms with Gasteiger partial charge in [0.25, 0.3) is 0 Å². The molecular formula is C18H25N3. The monoisotopic (exact) mass is 283 g/mol. The van der Waals surface area contributed by atoms with Crippen molar-refractivity contribution in [2.45, 2.75) is 51.6 Å². The molecule has 1 heterocycles. The molecule has 0 saturated heterocycles. The molecule has 3 nitrogen and oxygen atoms in total. The SMILES string of the molecule is C[C@H](NCc1ccc(-n2ccnc2)cc1)C1CCCCC1. The lowest BCUT2D eigenvalue weighted by Crippen LogP contribution is -2.34. The summed E-state index contributed by atoms with van der Waals surface area (Å²) >= 11 is 0. The van der Waals surface area contributed by atoms with Gasteiger partial charge in [-0.2, -0.15) is 0 Å². The number of aromatic nitrogens is 2. The lowest BCUT2D eigenvalue weighted by atomic mass is 9.84. The van der Waals surface area contributed by atoms with Gasteiger partial charge in [0.2, 0.25) is 0 Å². The Labute approximate surface area is 127 Å². The minimum absolute atomic E-state index is 0.624. The zero-order valence-electron chi connectivity index (χ0n) is 12.8. The van der Waals surface area contributed by atoms with E-state index in [0.717, 1.165) is 18.2 Å². The molecule has 0 unspecified atom stereocenters. The van der Waals surface area contributed by atoms with E-state index in [1.54, 1.807) is 6.20 Å². The minimum Gasteiger partial charge on any atom is -0.310 e. The van der Waals surface area contributed by atoms with Crippen LogP contribution in [0.25, 0.3) is 5.69 Å². The van der Waals surface area contributed by atoms with Crippen molar-refractivity contribution in [3.05, 3.63) is 48.5 Å². The summed E-state index contributed by atoms with van der Waals surface area (Å²) in [6.45, 7) is 3.30. The van der Waals surface area contributed by atoms with Crippen LogP contribution >= 0.6 is 0 Å². The van der Waals surface area contributed by atoms with Crippen LogP contribution < -0.4 is 5.32 Å². The van der Waals surface area contributed by atoms with E-state index < -0.39 is 0 Å². The summed E-state index contributed by atoms with van der Waals surface area (Å²) in [6, 6.07) is 9.35. The van der Waals surface area contributed by atoms with Crippen LogP contribution in [0.3, 0.4) is 0 Å². The van der Waals surface area contributed by atoms with Crippen LogP contribution in [0, 0.1) is 5.92 Å². The van der Waals surface area contributed by atoms with Gasteiger partial charge in [-0.25, -0.2) is 4.98 Å². The van der Waals surface area contributed by atoms with Crippen molar-refractivity contribution < 1.29 is 0 Å². The first-order valence-electron chi connectivity index (χ1n) is 8.13. The molecule has 1 aromatic carbocycles. The summed E-state index contributed by atoms with van der Waals surface area (Å²) in [6.07, 6.45) is 12.7. The van der Waals surface area contributed by atoms with Gasteiger partial charge < -0.3 is 9.88 Å². The van der Waals surface area contributed by atoms with Crippen LogP contribution in [0.15, 0.2) is 43.0 Å². The lowest BCUT2D eigenvalue weighted by Gasteiger charge is -2.28. The lowest BCUT2D eigenvalue weighted by molar-refractivity contribution is 0.280. The second-order valence-corrected chi connectivity index (χ2v) is 6.20. The van der Waals surface area contributed by atoms with Gasteiger partial charge in [0.15, 0.2) is 0 Å². The van der Waals surface area contributed by atoms with E-state index in [1.807, 2.05) is 17.1 Å². The van der Waals surface area contributed by atoms with E-state index in [4.69, 9.17) is 0 Å². The van der Waals surface area contributed by atoms with Crippen LogP contribution in [0.5, 0.6) is 0 Å². The van der Waals surface area contributed by atoms with Gasteiger partial charge in [-0.15, -0.1) is 0 Å². The molecule has 1 atom stereocenters. The fourth-order valence-electron chi connectivity index (χ4n) is 3.28. The predicted octanol–water partition coefficient (Wildman–Crippen LogP) is 3.93. The molecule has 21 heavy (non-hydrogen) atoms. The summed E-state index contributed by atoms with van der Waals surface area (Å²) in [5.41, 5.74) is 2.51. The number of imidazole rings is 1. The Morgan fingerprint density at radius 3 is 2.62 bits per heavy atom. The number of hydrogen-bond donors (Lipinski definition) is 1. The summed E-state index contributed by atoms with van der Waals surface area (Å²) in [4.78, 5) is 4.08. The zero-order chi connectivity index (χ0) is 14.5. The standard InChI is InChI=1S/C18H25N3/c1-15(17-5-3-2-4-6-17)20-13-16-7-9-18(10-8-16)21-12-11-19-14-21/h7-12,14-15,17,20H,2-6,13H2,1H3/t15-/m0/s1. The molecule has 0 radical (unpaired) electrons. The van der Waals surface area contributed by atoms with Crippen molar-refractivity contribution in [3.8, 4) is 5.69 Å². The first-order valence-corrected chi connectivity index (χ1v) is 8.13. The van der Waals surface area contributed by atoms with Crippen LogP contribution in [-0.4, -0.2) is 15.6 Å². The third-order valence-corrected chi connectivity index (χ3v) is 4.72. The topological polar surface area (TPSA) is 29.9 Å². The van der Waals surface area contributed by atoms with Gasteiger partial charge in [0.1, 0.15) is 0 Å². The van der Waals surface area contributed by atoms with Gasteiger partial charge >= 0.3 is 0 Å². The molecule has 1 aliphatic carbocycles. The number of rotatable bonds is 5. The number of nitrogens with one attached hydrogen (secondary N) is 1. The summed E-state index contributed by atoms with van der Waals surface area (Å²) < 4.78 is 2.03. The highest BCUT2D eigenvalue weighted by Gasteiger charge is 2.19. The zero-order valence-corrected chi connectivity index (χ0v) is 12.8. The number of nitrogens with zero attached hydrogens (tertiary/aromatic N) is 2. The Morgan fingerprint density at radius 2 is 1.95 bits per heavy atom. The van der Waals surface area contributed by atoms with E-state index in [9.17, 15) is 0 Å². The van der Waals surface area contributed by atoms with E-state index in [2.05, 4.69) is 41.5 Å². The Balaban J connectivity index is 1.53. The fourth-order valence-corrected chi connectivity index (χ4v) is 3.28. The third-order valence-electron chi connectivity index (χ3n) is 4.72. The largest absolute Gasteiger partial charge is 0.310 e. The van der Waals surface area contributed by atoms with Crippen LogP contribution in [-0.2, 0) is 6.54 Å². The normalized spacial score (nSPS) is 17.8. The maximum atomic E-state index is 4.08. The van der Waals surface area contributed by atoms with Crippen molar-refractivity contribution in [3.63, 3.8) is 0 Å². The molecule has 0 bridgehead atoms. The van der Waals surface area contributed by atoms with Crippen molar-refractivity contribution in [2.75, 3.05) is 0 Å². The van der Waals surface area contributed by atoms with Crippen LogP contribution in [0.1, 0.15) is 44.6 Å². The molecule has 112 valence electrons. The van der Waals surface area contributed by atoms with E-state index in [1.165, 1.54) is 37.7 Å². The van der Waals surface area contributed by atoms with Crippen molar-refractivity contribution in [1.29, 1.82) is 0 Å². The maximum absolute atomic E-state index is 4.08. The molecule has 1 N–H and O–H groups in total. The quantitative estimate of drug-likeness (QED) is 0.901. The van der Waals surface area contributed by atoms with Gasteiger partial charge in [-0.05, 0) is 43.4 Å². The molecule has 1 aliphatic rings. The predicted molar refractivity (Wildman–Crippen MR) is 86.4 cm³/mol. The van der Waals surface area contributed by atoms with Gasteiger partial charge in [0.05, 0.1) is 6.33 Å². The molecular weight excluding hydrogens is 258 g/mol. The summed E-state index contributed by atoms with van der Waals surface area (Å²) in [5, 5.41) is 3.70. The van der Waals surface area contributed by atoms with Crippen molar-refractivity contribution >= 4 is 0 Å². The second kappa shape index (κ2) is 6.90. The molecule has 3 rings (SSSR count). The Kier molecular flexibility index (Phi) is 4.71. The highest BCUT2D eigenvalue weighted by Crippen LogP contribution is 2.26. The van der Waals surface area contributed by atoms with Gasteiger partial charge in [-0.1, -0.05) is 31.4 Å². The molecule has 0 amide bonds. The van der Waals surface area contributed by atoms with Crippen LogP contribution in [0.4, 0.5) is 0 Å². The highest BCUT2D eigenvalue weighted by atomic mass is 15.0. The molecule has 1 aromatic heterocycles. The van der Waals surface area contributed by atoms with Gasteiger partial charge in [0, 0.05) is 30.7 Å². The summed E-state index contributed by atoms with van der Waals surface area (Å²) in [7, 11) is 0. The number of hydrogen-bond acceptors (Lipinski definition) is 2. The summed E-state index contributed by atoms with van der Waals surface area (Å²) in [5.74, 6) is 0.865. The van der Waals surface area contributed by atoms with E-state index in [0.29, 0.717) is 6.04 Å². The van der Waals surface area contributed by atoms with Crippen LogP contribution in [0.2, 0.25) is 0 Å². The smallest absolute Gasteiger partial charge is 0.0991 e. The maximum Gasteiger partial charge on any atom is 0.0991 e.